The van der Waals surface area contributed by atoms with Gasteiger partial charge in [0.05, 0.1) is 7.11 Å². The van der Waals surface area contributed by atoms with E-state index in [0.29, 0.717) is 5.92 Å². The molecule has 80 valence electrons. The number of hydrogen-bond acceptors (Lipinski definition) is 4. The highest BCUT2D eigenvalue weighted by Gasteiger charge is 2.24. The maximum Gasteiger partial charge on any atom is 0.342 e. The molecule has 1 aliphatic carbocycles. The minimum absolute atomic E-state index is 0.179. The molecule has 1 aromatic rings. The van der Waals surface area contributed by atoms with E-state index in [2.05, 4.69) is 14.7 Å². The molecule has 15 heavy (non-hydrogen) atoms. The zero-order chi connectivity index (χ0) is 10.8. The molecule has 1 fully saturated rings. The summed E-state index contributed by atoms with van der Waals surface area (Å²) in [5.74, 6) is 0.647. The van der Waals surface area contributed by atoms with Gasteiger partial charge in [-0.1, -0.05) is 18.0 Å². The molecule has 0 bridgehead atoms. The standard InChI is InChI=1S/C10H11ClN2O2/c1-15-10(14)7-5-12-9(13-8(7)11)6-3-2-4-6/h5-6H,2-4H2,1H3. The van der Waals surface area contributed by atoms with E-state index in [1.165, 1.54) is 19.7 Å². The van der Waals surface area contributed by atoms with E-state index in [9.17, 15) is 4.79 Å². The van der Waals surface area contributed by atoms with Crippen molar-refractivity contribution >= 4 is 17.6 Å². The SMILES string of the molecule is COC(=O)c1cnc(C2CCC2)nc1Cl. The van der Waals surface area contributed by atoms with Crippen LogP contribution in [0.2, 0.25) is 5.15 Å². The second-order valence-electron chi connectivity index (χ2n) is 3.55. The highest BCUT2D eigenvalue weighted by Crippen LogP contribution is 2.34. The van der Waals surface area contributed by atoms with Crippen LogP contribution in [0.5, 0.6) is 0 Å². The third kappa shape index (κ3) is 1.95. The molecule has 0 unspecified atom stereocenters. The van der Waals surface area contributed by atoms with Crippen LogP contribution in [0, 0.1) is 0 Å². The average Bonchev–Trinajstić information content (AvgIpc) is 2.14. The van der Waals surface area contributed by atoms with Gasteiger partial charge in [-0.15, -0.1) is 0 Å². The first-order valence-electron chi connectivity index (χ1n) is 4.83. The summed E-state index contributed by atoms with van der Waals surface area (Å²) < 4.78 is 4.55. The van der Waals surface area contributed by atoms with Crippen LogP contribution in [0.25, 0.3) is 0 Å². The molecule has 5 heteroatoms. The number of aromatic nitrogens is 2. The summed E-state index contributed by atoms with van der Waals surface area (Å²) in [5.41, 5.74) is 0.224. The molecule has 0 aliphatic heterocycles. The van der Waals surface area contributed by atoms with Crippen molar-refractivity contribution in [3.05, 3.63) is 22.7 Å². The lowest BCUT2D eigenvalue weighted by atomic mass is 9.85. The molecule has 1 heterocycles. The van der Waals surface area contributed by atoms with E-state index in [1.54, 1.807) is 0 Å². The maximum absolute atomic E-state index is 11.2. The Morgan fingerprint density at radius 2 is 2.33 bits per heavy atom. The maximum atomic E-state index is 11.2. The Kier molecular flexibility index (Phi) is 2.86. The Morgan fingerprint density at radius 1 is 1.60 bits per heavy atom. The summed E-state index contributed by atoms with van der Waals surface area (Å²) in [5, 5.41) is 0.179. The Morgan fingerprint density at radius 3 is 2.80 bits per heavy atom. The summed E-state index contributed by atoms with van der Waals surface area (Å²) in [4.78, 5) is 19.5. The van der Waals surface area contributed by atoms with Crippen LogP contribution < -0.4 is 0 Å². The Hall–Kier alpha value is -1.16. The topological polar surface area (TPSA) is 52.1 Å². The van der Waals surface area contributed by atoms with E-state index in [-0.39, 0.29) is 10.7 Å². The first-order valence-corrected chi connectivity index (χ1v) is 5.21. The molecule has 2 rings (SSSR count). The third-order valence-electron chi connectivity index (χ3n) is 2.64. The van der Waals surface area contributed by atoms with Gasteiger partial charge < -0.3 is 4.74 Å². The zero-order valence-electron chi connectivity index (χ0n) is 8.36. The number of rotatable bonds is 2. The van der Waals surface area contributed by atoms with Gasteiger partial charge in [-0.25, -0.2) is 14.8 Å². The molecule has 0 atom stereocenters. The van der Waals surface area contributed by atoms with Crippen LogP contribution in [0.3, 0.4) is 0 Å². The molecule has 0 N–H and O–H groups in total. The Labute approximate surface area is 92.6 Å². The second-order valence-corrected chi connectivity index (χ2v) is 3.91. The molecule has 1 aromatic heterocycles. The van der Waals surface area contributed by atoms with Crippen LogP contribution in [0.1, 0.15) is 41.4 Å². The van der Waals surface area contributed by atoms with E-state index in [1.807, 2.05) is 0 Å². The van der Waals surface area contributed by atoms with E-state index >= 15 is 0 Å². The first kappa shape index (κ1) is 10.4. The highest BCUT2D eigenvalue weighted by molar-refractivity contribution is 6.32. The average molecular weight is 227 g/mol. The zero-order valence-corrected chi connectivity index (χ0v) is 9.12. The van der Waals surface area contributed by atoms with Gasteiger partial charge in [0.25, 0.3) is 0 Å². The second kappa shape index (κ2) is 4.14. The molecular weight excluding hydrogens is 216 g/mol. The fourth-order valence-corrected chi connectivity index (χ4v) is 1.70. The van der Waals surface area contributed by atoms with Crippen molar-refractivity contribution in [3.63, 3.8) is 0 Å². The molecule has 1 aliphatic rings. The predicted octanol–water partition coefficient (Wildman–Crippen LogP) is 2.18. The van der Waals surface area contributed by atoms with Crippen molar-refractivity contribution in [1.29, 1.82) is 0 Å². The van der Waals surface area contributed by atoms with E-state index in [4.69, 9.17) is 11.6 Å². The third-order valence-corrected chi connectivity index (χ3v) is 2.92. The van der Waals surface area contributed by atoms with Gasteiger partial charge in [0.15, 0.2) is 0 Å². The summed E-state index contributed by atoms with van der Waals surface area (Å²) in [6, 6.07) is 0. The highest BCUT2D eigenvalue weighted by atomic mass is 35.5. The predicted molar refractivity (Wildman–Crippen MR) is 55.0 cm³/mol. The number of esters is 1. The van der Waals surface area contributed by atoms with Crippen molar-refractivity contribution in [2.75, 3.05) is 7.11 Å². The van der Waals surface area contributed by atoms with Crippen molar-refractivity contribution in [3.8, 4) is 0 Å². The quantitative estimate of drug-likeness (QED) is 0.573. The minimum atomic E-state index is -0.500. The normalized spacial score (nSPS) is 15.9. The number of halogens is 1. The van der Waals surface area contributed by atoms with Gasteiger partial charge in [-0.3, -0.25) is 0 Å². The van der Waals surface area contributed by atoms with Gasteiger partial charge >= 0.3 is 5.97 Å². The molecule has 0 saturated heterocycles. The molecule has 0 spiro atoms. The molecular formula is C10H11ClN2O2. The van der Waals surface area contributed by atoms with Crippen LogP contribution in [0.15, 0.2) is 6.20 Å². The number of nitrogens with zero attached hydrogens (tertiary/aromatic N) is 2. The monoisotopic (exact) mass is 226 g/mol. The van der Waals surface area contributed by atoms with Crippen LogP contribution >= 0.6 is 11.6 Å². The van der Waals surface area contributed by atoms with Crippen molar-refractivity contribution in [2.45, 2.75) is 25.2 Å². The van der Waals surface area contributed by atoms with Gasteiger partial charge in [0.1, 0.15) is 16.5 Å². The summed E-state index contributed by atoms with van der Waals surface area (Å²) in [6.45, 7) is 0. The number of carbonyl (C=O) groups excluding carboxylic acids is 1. The Bertz CT molecular complexity index is 391. The first-order chi connectivity index (χ1) is 7.22. The molecule has 0 aromatic carbocycles. The lowest BCUT2D eigenvalue weighted by Gasteiger charge is -2.23. The minimum Gasteiger partial charge on any atom is -0.465 e. The molecule has 0 radical (unpaired) electrons. The van der Waals surface area contributed by atoms with Crippen molar-refractivity contribution in [1.82, 2.24) is 9.97 Å². The summed E-state index contributed by atoms with van der Waals surface area (Å²) in [7, 11) is 1.30. The van der Waals surface area contributed by atoms with Crippen LogP contribution in [-0.2, 0) is 4.74 Å². The molecule has 4 nitrogen and oxygen atoms in total. The molecule has 1 saturated carbocycles. The Balaban J connectivity index is 2.25. The van der Waals surface area contributed by atoms with Gasteiger partial charge in [-0.2, -0.15) is 0 Å². The van der Waals surface area contributed by atoms with E-state index < -0.39 is 5.97 Å². The number of methoxy groups -OCH3 is 1. The van der Waals surface area contributed by atoms with Gasteiger partial charge in [-0.05, 0) is 12.8 Å². The van der Waals surface area contributed by atoms with Crippen LogP contribution in [-0.4, -0.2) is 23.0 Å². The van der Waals surface area contributed by atoms with Crippen molar-refractivity contribution in [2.24, 2.45) is 0 Å². The smallest absolute Gasteiger partial charge is 0.342 e. The van der Waals surface area contributed by atoms with Crippen molar-refractivity contribution < 1.29 is 9.53 Å². The van der Waals surface area contributed by atoms with Crippen LogP contribution in [0.4, 0.5) is 0 Å². The van der Waals surface area contributed by atoms with E-state index in [0.717, 1.165) is 18.7 Å². The number of carbonyl (C=O) groups is 1. The number of hydrogen-bond donors (Lipinski definition) is 0. The summed E-state index contributed by atoms with van der Waals surface area (Å²) >= 11 is 5.88. The van der Waals surface area contributed by atoms with Gasteiger partial charge in [0.2, 0.25) is 0 Å². The summed E-state index contributed by atoms with van der Waals surface area (Å²) in [6.07, 6.45) is 4.86. The largest absolute Gasteiger partial charge is 0.465 e. The fourth-order valence-electron chi connectivity index (χ4n) is 1.48. The molecule has 0 amide bonds. The lowest BCUT2D eigenvalue weighted by molar-refractivity contribution is 0.0600. The fraction of sp³-hybridized carbons (Fsp3) is 0.500. The number of ether oxygens (including phenoxy) is 1. The lowest BCUT2D eigenvalue weighted by Crippen LogP contribution is -2.14. The van der Waals surface area contributed by atoms with Gasteiger partial charge in [0, 0.05) is 12.1 Å².